The molecule has 5 rings (SSSR count). The first-order valence-electron chi connectivity index (χ1n) is 14.5. The molecule has 0 aromatic heterocycles. The summed E-state index contributed by atoms with van der Waals surface area (Å²) in [6.07, 6.45) is 1.76. The zero-order valence-corrected chi connectivity index (χ0v) is 26.5. The lowest BCUT2D eigenvalue weighted by Gasteiger charge is -2.58. The lowest BCUT2D eigenvalue weighted by Crippen LogP contribution is -2.64. The van der Waals surface area contributed by atoms with Crippen LogP contribution >= 0.6 is 0 Å². The van der Waals surface area contributed by atoms with Crippen molar-refractivity contribution in [3.05, 3.63) is 33.4 Å². The number of hydrogen-bond donors (Lipinski definition) is 0. The summed E-state index contributed by atoms with van der Waals surface area (Å²) >= 11 is 0. The molecular weight excluding hydrogens is 540 g/mol. The van der Waals surface area contributed by atoms with Crippen molar-refractivity contribution < 1.29 is 38.0 Å². The van der Waals surface area contributed by atoms with Crippen LogP contribution in [0, 0.1) is 13.8 Å². The van der Waals surface area contributed by atoms with E-state index < -0.39 is 0 Å². The molecule has 0 spiro atoms. The maximum Gasteiger partial charge on any atom is 0.305 e. The predicted octanol–water partition coefficient (Wildman–Crippen LogP) is 4.19. The van der Waals surface area contributed by atoms with Crippen LogP contribution in [0.5, 0.6) is 34.5 Å². The second-order valence-electron chi connectivity index (χ2n) is 11.2. The average molecular weight is 585 g/mol. The van der Waals surface area contributed by atoms with Crippen LogP contribution in [-0.4, -0.2) is 90.7 Å². The minimum atomic E-state index is -0.270. The maximum atomic E-state index is 12.5. The molecule has 3 heterocycles. The molecule has 0 radical (unpaired) electrons. The summed E-state index contributed by atoms with van der Waals surface area (Å²) in [5.41, 5.74) is 6.03. The summed E-state index contributed by atoms with van der Waals surface area (Å²) in [7, 11) is 12.3. The van der Waals surface area contributed by atoms with Gasteiger partial charge in [0.15, 0.2) is 23.0 Å². The molecule has 10 nitrogen and oxygen atoms in total. The molecule has 42 heavy (non-hydrogen) atoms. The lowest BCUT2D eigenvalue weighted by molar-refractivity contribution is -0.147. The van der Waals surface area contributed by atoms with Crippen molar-refractivity contribution in [3.63, 3.8) is 0 Å². The van der Waals surface area contributed by atoms with Crippen molar-refractivity contribution in [2.45, 2.75) is 64.2 Å². The Labute approximate surface area is 248 Å². The smallest absolute Gasteiger partial charge is 0.305 e. The van der Waals surface area contributed by atoms with Gasteiger partial charge in [0.1, 0.15) is 18.1 Å². The number of nitrogens with zero attached hydrogens (tertiary/aromatic N) is 2. The minimum Gasteiger partial charge on any atom is -0.496 e. The number of hydrogen-bond acceptors (Lipinski definition) is 10. The first-order valence-corrected chi connectivity index (χ1v) is 14.5. The van der Waals surface area contributed by atoms with E-state index in [2.05, 4.69) is 16.8 Å². The van der Waals surface area contributed by atoms with Crippen molar-refractivity contribution in [2.75, 3.05) is 62.9 Å². The first kappa shape index (κ1) is 30.1. The molecule has 1 saturated heterocycles. The highest BCUT2D eigenvalue weighted by atomic mass is 16.5. The normalized spacial score (nSPS) is 22.8. The molecule has 0 unspecified atom stereocenters. The molecule has 3 aliphatic heterocycles. The molecule has 0 amide bonds. The fourth-order valence-corrected chi connectivity index (χ4v) is 7.73. The fourth-order valence-electron chi connectivity index (χ4n) is 7.73. The Morgan fingerprint density at radius 1 is 0.738 bits per heavy atom. The Bertz CT molecular complexity index is 1380. The van der Waals surface area contributed by atoms with Gasteiger partial charge in [-0.3, -0.25) is 14.6 Å². The van der Waals surface area contributed by atoms with Crippen LogP contribution in [0.15, 0.2) is 0 Å². The number of likely N-dealkylation sites (N-methyl/N-ethyl adjacent to an activating group) is 1. The van der Waals surface area contributed by atoms with Crippen LogP contribution in [-0.2, 0) is 22.4 Å². The van der Waals surface area contributed by atoms with Crippen molar-refractivity contribution >= 4 is 5.97 Å². The van der Waals surface area contributed by atoms with Crippen LogP contribution in [0.1, 0.15) is 58.8 Å². The Kier molecular flexibility index (Phi) is 8.40. The van der Waals surface area contributed by atoms with Gasteiger partial charge in [-0.25, -0.2) is 0 Å². The number of benzene rings is 2. The van der Waals surface area contributed by atoms with Gasteiger partial charge >= 0.3 is 5.97 Å². The van der Waals surface area contributed by atoms with Gasteiger partial charge in [-0.1, -0.05) is 6.92 Å². The molecule has 3 aliphatic rings. The van der Waals surface area contributed by atoms with Gasteiger partial charge in [0.25, 0.3) is 0 Å². The predicted molar refractivity (Wildman–Crippen MR) is 158 cm³/mol. The molecule has 0 saturated carbocycles. The van der Waals surface area contributed by atoms with Crippen molar-refractivity contribution in [1.29, 1.82) is 0 Å². The lowest BCUT2D eigenvalue weighted by atomic mass is 9.73. The quantitative estimate of drug-likeness (QED) is 0.400. The number of rotatable bonds is 9. The van der Waals surface area contributed by atoms with Gasteiger partial charge in [0, 0.05) is 58.4 Å². The summed E-state index contributed by atoms with van der Waals surface area (Å²) in [6.45, 7) is 6.77. The summed E-state index contributed by atoms with van der Waals surface area (Å²) in [5, 5.41) is 0. The van der Waals surface area contributed by atoms with E-state index in [1.54, 1.807) is 42.7 Å². The largest absolute Gasteiger partial charge is 0.496 e. The second kappa shape index (κ2) is 11.7. The molecule has 0 aliphatic carbocycles. The Morgan fingerprint density at radius 2 is 1.24 bits per heavy atom. The van der Waals surface area contributed by atoms with Crippen LogP contribution < -0.4 is 28.4 Å². The third kappa shape index (κ3) is 4.33. The van der Waals surface area contributed by atoms with Gasteiger partial charge < -0.3 is 33.2 Å². The SMILES string of the molecule is CCC(=O)OC[C@H]1c2c(c(OC)c(C)c(OC)c2OC)C[C@H]2[C@@H]3c4c(c(OC)c(C)c(OC)c4OC)C[C@@H](CN12)N3C. The van der Waals surface area contributed by atoms with Crippen LogP contribution in [0.3, 0.4) is 0 Å². The van der Waals surface area contributed by atoms with E-state index in [9.17, 15) is 4.79 Å². The van der Waals surface area contributed by atoms with Crippen molar-refractivity contribution in [3.8, 4) is 34.5 Å². The van der Waals surface area contributed by atoms with Crippen molar-refractivity contribution in [1.82, 2.24) is 9.80 Å². The molecule has 10 heteroatoms. The van der Waals surface area contributed by atoms with Crippen LogP contribution in [0.25, 0.3) is 0 Å². The van der Waals surface area contributed by atoms with E-state index in [4.69, 9.17) is 33.2 Å². The average Bonchev–Trinajstić information content (AvgIpc) is 2.98. The number of methoxy groups -OCH3 is 6. The number of ether oxygens (including phenoxy) is 7. The van der Waals surface area contributed by atoms with Crippen LogP contribution in [0.2, 0.25) is 0 Å². The third-order valence-electron chi connectivity index (χ3n) is 9.49. The van der Waals surface area contributed by atoms with Gasteiger partial charge in [0.05, 0.1) is 54.7 Å². The number of carbonyl (C=O) groups excluding carboxylic acids is 1. The topological polar surface area (TPSA) is 88.2 Å². The molecule has 1 fully saturated rings. The van der Waals surface area contributed by atoms with E-state index in [-0.39, 0.29) is 36.7 Å². The summed E-state index contributed by atoms with van der Waals surface area (Å²) in [6, 6.07) is -0.133. The molecule has 4 atom stereocenters. The molecule has 2 aromatic carbocycles. The molecule has 0 N–H and O–H groups in total. The zero-order valence-electron chi connectivity index (χ0n) is 26.5. The van der Waals surface area contributed by atoms with Gasteiger partial charge in [-0.15, -0.1) is 0 Å². The number of fused-ring (bicyclic) bond motifs is 7. The second-order valence-corrected chi connectivity index (χ2v) is 11.2. The van der Waals surface area contributed by atoms with Crippen LogP contribution in [0.4, 0.5) is 0 Å². The maximum absolute atomic E-state index is 12.5. The highest BCUT2D eigenvalue weighted by molar-refractivity contribution is 5.70. The monoisotopic (exact) mass is 584 g/mol. The highest BCUT2D eigenvalue weighted by Crippen LogP contribution is 2.58. The van der Waals surface area contributed by atoms with Gasteiger partial charge in [0.2, 0.25) is 0 Å². The molecule has 2 aromatic rings. The van der Waals surface area contributed by atoms with E-state index in [0.717, 1.165) is 63.6 Å². The number of carbonyl (C=O) groups is 1. The zero-order chi connectivity index (χ0) is 30.5. The Balaban J connectivity index is 1.78. The molecule has 2 bridgehead atoms. The fraction of sp³-hybridized carbons (Fsp3) is 0.594. The Morgan fingerprint density at radius 3 is 1.74 bits per heavy atom. The van der Waals surface area contributed by atoms with Gasteiger partial charge in [-0.05, 0) is 33.7 Å². The summed E-state index contributed by atoms with van der Waals surface area (Å²) in [4.78, 5) is 17.4. The standard InChI is InChI=1S/C32H44N2O8/c1-11-23(35)42-15-22-24-20(28(37-6)17(3)29(38-7)31(24)40-9)13-21-26-25-19(12-18(33(26)4)14-34(21)22)27(36-5)16(2)30(39-8)32(25)41-10/h18,21-22,26H,11-15H2,1-10H3/t18-,21-,22-,26+/m0/s1. The van der Waals surface area contributed by atoms with Crippen molar-refractivity contribution in [2.24, 2.45) is 0 Å². The first-order chi connectivity index (χ1) is 20.2. The molecule has 230 valence electrons. The van der Waals surface area contributed by atoms with E-state index in [1.165, 1.54) is 0 Å². The van der Waals surface area contributed by atoms with E-state index in [1.807, 2.05) is 20.8 Å². The highest BCUT2D eigenvalue weighted by Gasteiger charge is 2.53. The summed E-state index contributed by atoms with van der Waals surface area (Å²) in [5.74, 6) is 4.08. The van der Waals surface area contributed by atoms with Gasteiger partial charge in [-0.2, -0.15) is 0 Å². The summed E-state index contributed by atoms with van der Waals surface area (Å²) < 4.78 is 41.8. The number of piperazine rings is 1. The van der Waals surface area contributed by atoms with E-state index in [0.29, 0.717) is 30.1 Å². The number of esters is 1. The molecular formula is C32H44N2O8. The Hall–Kier alpha value is -3.37. The van der Waals surface area contributed by atoms with E-state index >= 15 is 0 Å². The minimum absolute atomic E-state index is 0.000507. The third-order valence-corrected chi connectivity index (χ3v) is 9.49.